The Morgan fingerprint density at radius 2 is 2.12 bits per heavy atom. The summed E-state index contributed by atoms with van der Waals surface area (Å²) >= 11 is 0. The van der Waals surface area contributed by atoms with Gasteiger partial charge in [0.1, 0.15) is 5.69 Å². The van der Waals surface area contributed by atoms with Gasteiger partial charge in [0.15, 0.2) is 0 Å². The third-order valence-corrected chi connectivity index (χ3v) is 6.12. The molecule has 1 saturated heterocycles. The third kappa shape index (κ3) is 2.90. The zero-order valence-electron chi connectivity index (χ0n) is 15.7. The fourth-order valence-electron chi connectivity index (χ4n) is 5.26. The van der Waals surface area contributed by atoms with Gasteiger partial charge in [0, 0.05) is 12.7 Å². The van der Waals surface area contributed by atoms with Gasteiger partial charge < -0.3 is 14.4 Å². The summed E-state index contributed by atoms with van der Waals surface area (Å²) < 4.78 is 11.3. The van der Waals surface area contributed by atoms with Gasteiger partial charge in [-0.2, -0.15) is 0 Å². The number of carbonyl (C=O) groups excluding carboxylic acids is 2. The molecule has 0 aromatic carbocycles. The number of amides is 1. The Morgan fingerprint density at radius 1 is 1.31 bits per heavy atom. The Balaban J connectivity index is 1.60. The number of fused-ring (bicyclic) bond motifs is 3. The van der Waals surface area contributed by atoms with E-state index >= 15 is 0 Å². The number of hydrogen-bond donors (Lipinski definition) is 0. The van der Waals surface area contributed by atoms with Crippen LogP contribution in [-0.4, -0.2) is 53.2 Å². The van der Waals surface area contributed by atoms with Crippen molar-refractivity contribution in [3.8, 4) is 0 Å². The van der Waals surface area contributed by atoms with Crippen LogP contribution >= 0.6 is 0 Å². The molecule has 3 atom stereocenters. The monoisotopic (exact) mass is 358 g/mol. The van der Waals surface area contributed by atoms with E-state index in [1.807, 2.05) is 4.90 Å². The van der Waals surface area contributed by atoms with Gasteiger partial charge in [0.2, 0.25) is 0 Å². The first-order valence-electron chi connectivity index (χ1n) is 9.36. The van der Waals surface area contributed by atoms with Crippen molar-refractivity contribution in [3.63, 3.8) is 0 Å². The summed E-state index contributed by atoms with van der Waals surface area (Å²) in [5.74, 6) is 0.658. The standard InChI is InChI=1S/C20H26N2O4/c1-19(2)11-22(12-20(26-19)10-13-4-5-15(20)8-13)17(23)16-9-14(6-7-21-16)18(24)25-3/h6-7,9,13,15H,4-5,8,10-12H2,1-3H3/t13-,15+,20+/m1/s1. The van der Waals surface area contributed by atoms with Crippen LogP contribution in [0.3, 0.4) is 0 Å². The second kappa shape index (κ2) is 6.05. The Bertz CT molecular complexity index is 747. The third-order valence-electron chi connectivity index (χ3n) is 6.12. The van der Waals surface area contributed by atoms with Gasteiger partial charge >= 0.3 is 5.97 Å². The average Bonchev–Trinajstić information content (AvgIpc) is 3.19. The lowest BCUT2D eigenvalue weighted by atomic mass is 9.81. The summed E-state index contributed by atoms with van der Waals surface area (Å²) in [4.78, 5) is 31.0. The number of hydrogen-bond acceptors (Lipinski definition) is 5. The average molecular weight is 358 g/mol. The topological polar surface area (TPSA) is 68.7 Å². The number of esters is 1. The van der Waals surface area contributed by atoms with E-state index in [-0.39, 0.29) is 17.2 Å². The molecule has 0 unspecified atom stereocenters. The summed E-state index contributed by atoms with van der Waals surface area (Å²) in [6, 6.07) is 3.08. The summed E-state index contributed by atoms with van der Waals surface area (Å²) in [5.41, 5.74) is 0.00968. The zero-order valence-corrected chi connectivity index (χ0v) is 15.7. The molecule has 1 amide bonds. The van der Waals surface area contributed by atoms with E-state index in [0.717, 1.165) is 12.3 Å². The minimum atomic E-state index is -0.465. The second-order valence-corrected chi connectivity index (χ2v) is 8.59. The van der Waals surface area contributed by atoms with Gasteiger partial charge in [-0.25, -0.2) is 4.79 Å². The molecule has 3 aliphatic rings. The molecule has 1 aliphatic heterocycles. The number of methoxy groups -OCH3 is 1. The van der Waals surface area contributed by atoms with Crippen LogP contribution < -0.4 is 0 Å². The fourth-order valence-corrected chi connectivity index (χ4v) is 5.26. The molecule has 2 heterocycles. The number of nitrogens with zero attached hydrogens (tertiary/aromatic N) is 2. The quantitative estimate of drug-likeness (QED) is 0.760. The van der Waals surface area contributed by atoms with Gasteiger partial charge in [-0.1, -0.05) is 0 Å². The molecule has 6 heteroatoms. The van der Waals surface area contributed by atoms with Crippen molar-refractivity contribution in [2.75, 3.05) is 20.2 Å². The van der Waals surface area contributed by atoms with Crippen molar-refractivity contribution < 1.29 is 19.1 Å². The van der Waals surface area contributed by atoms with E-state index < -0.39 is 11.6 Å². The highest BCUT2D eigenvalue weighted by Crippen LogP contribution is 2.55. The molecule has 26 heavy (non-hydrogen) atoms. The predicted octanol–water partition coefficient (Wildman–Crippen LogP) is 2.68. The first kappa shape index (κ1) is 17.5. The maximum atomic E-state index is 13.2. The summed E-state index contributed by atoms with van der Waals surface area (Å²) in [6.07, 6.45) is 6.22. The van der Waals surface area contributed by atoms with Crippen LogP contribution in [0.25, 0.3) is 0 Å². The highest BCUT2D eigenvalue weighted by molar-refractivity contribution is 5.96. The lowest BCUT2D eigenvalue weighted by molar-refractivity contribution is -0.208. The number of aromatic nitrogens is 1. The van der Waals surface area contributed by atoms with Crippen LogP contribution in [0, 0.1) is 11.8 Å². The molecular formula is C20H26N2O4. The van der Waals surface area contributed by atoms with Crippen LogP contribution in [-0.2, 0) is 9.47 Å². The van der Waals surface area contributed by atoms with Crippen LogP contribution in [0.4, 0.5) is 0 Å². The van der Waals surface area contributed by atoms with Crippen LogP contribution in [0.15, 0.2) is 18.3 Å². The lowest BCUT2D eigenvalue weighted by Gasteiger charge is -2.52. The number of pyridine rings is 1. The molecule has 4 rings (SSSR count). The zero-order chi connectivity index (χ0) is 18.5. The van der Waals surface area contributed by atoms with Gasteiger partial charge in [0.25, 0.3) is 5.91 Å². The Kier molecular flexibility index (Phi) is 4.06. The van der Waals surface area contributed by atoms with E-state index in [1.165, 1.54) is 38.6 Å². The van der Waals surface area contributed by atoms with Crippen LogP contribution in [0.5, 0.6) is 0 Å². The molecule has 1 spiro atoms. The molecule has 2 bridgehead atoms. The van der Waals surface area contributed by atoms with Gasteiger partial charge in [-0.05, 0) is 63.5 Å². The van der Waals surface area contributed by atoms with Crippen molar-refractivity contribution in [1.29, 1.82) is 0 Å². The minimum Gasteiger partial charge on any atom is -0.465 e. The Morgan fingerprint density at radius 3 is 2.77 bits per heavy atom. The Hall–Kier alpha value is -1.95. The molecule has 6 nitrogen and oxygen atoms in total. The summed E-state index contributed by atoms with van der Waals surface area (Å²) in [5, 5.41) is 0. The number of carbonyl (C=O) groups is 2. The number of rotatable bonds is 2. The van der Waals surface area contributed by atoms with E-state index in [9.17, 15) is 9.59 Å². The maximum absolute atomic E-state index is 13.2. The molecule has 1 aromatic heterocycles. The second-order valence-electron chi connectivity index (χ2n) is 8.59. The predicted molar refractivity (Wildman–Crippen MR) is 94.8 cm³/mol. The molecule has 2 aliphatic carbocycles. The first-order chi connectivity index (χ1) is 12.3. The molecule has 1 aromatic rings. The first-order valence-corrected chi connectivity index (χ1v) is 9.36. The lowest BCUT2D eigenvalue weighted by Crippen LogP contribution is -2.62. The molecule has 2 saturated carbocycles. The molecular weight excluding hydrogens is 332 g/mol. The summed E-state index contributed by atoms with van der Waals surface area (Å²) in [6.45, 7) is 5.24. The fraction of sp³-hybridized carbons (Fsp3) is 0.650. The van der Waals surface area contributed by atoms with Crippen LogP contribution in [0.2, 0.25) is 0 Å². The largest absolute Gasteiger partial charge is 0.465 e. The smallest absolute Gasteiger partial charge is 0.337 e. The highest BCUT2D eigenvalue weighted by Gasteiger charge is 2.57. The normalized spacial score (nSPS) is 32.0. The van der Waals surface area contributed by atoms with E-state index in [0.29, 0.717) is 24.6 Å². The SMILES string of the molecule is COC(=O)c1ccnc(C(=O)N2CC(C)(C)O[C@@]3(C[C@@H]4CC[C@H]3C4)C2)c1. The highest BCUT2D eigenvalue weighted by atomic mass is 16.5. The van der Waals surface area contributed by atoms with Crippen molar-refractivity contribution in [1.82, 2.24) is 9.88 Å². The Labute approximate surface area is 153 Å². The van der Waals surface area contributed by atoms with Gasteiger partial charge in [0.05, 0.1) is 30.4 Å². The van der Waals surface area contributed by atoms with Crippen molar-refractivity contribution in [3.05, 3.63) is 29.6 Å². The molecule has 140 valence electrons. The minimum absolute atomic E-state index is 0.144. The maximum Gasteiger partial charge on any atom is 0.337 e. The van der Waals surface area contributed by atoms with Gasteiger partial charge in [-0.15, -0.1) is 0 Å². The van der Waals surface area contributed by atoms with E-state index in [2.05, 4.69) is 18.8 Å². The van der Waals surface area contributed by atoms with E-state index in [1.54, 1.807) is 6.07 Å². The summed E-state index contributed by atoms with van der Waals surface area (Å²) in [7, 11) is 1.33. The van der Waals surface area contributed by atoms with Crippen molar-refractivity contribution >= 4 is 11.9 Å². The van der Waals surface area contributed by atoms with E-state index in [4.69, 9.17) is 9.47 Å². The molecule has 0 N–H and O–H groups in total. The molecule has 0 radical (unpaired) electrons. The number of morpholine rings is 1. The van der Waals surface area contributed by atoms with Crippen molar-refractivity contribution in [2.24, 2.45) is 11.8 Å². The van der Waals surface area contributed by atoms with Crippen LogP contribution in [0.1, 0.15) is 60.4 Å². The van der Waals surface area contributed by atoms with Crippen molar-refractivity contribution in [2.45, 2.75) is 50.7 Å². The van der Waals surface area contributed by atoms with Gasteiger partial charge in [-0.3, -0.25) is 9.78 Å². The number of ether oxygens (including phenoxy) is 2. The molecule has 3 fully saturated rings.